The van der Waals surface area contributed by atoms with Crippen molar-refractivity contribution in [3.05, 3.63) is 71.8 Å². The van der Waals surface area contributed by atoms with E-state index in [0.29, 0.717) is 22.5 Å². The van der Waals surface area contributed by atoms with E-state index in [0.717, 1.165) is 22.7 Å². The van der Waals surface area contributed by atoms with Gasteiger partial charge in [-0.15, -0.1) is 0 Å². The van der Waals surface area contributed by atoms with Crippen LogP contribution in [-0.4, -0.2) is 28.2 Å². The molecule has 0 atom stereocenters. The second-order valence-corrected chi connectivity index (χ2v) is 7.30. The Hall–Kier alpha value is -4.16. The molecule has 6 heteroatoms. The number of benzene rings is 3. The number of anilines is 6. The van der Waals surface area contributed by atoms with Crippen molar-refractivity contribution in [1.29, 1.82) is 10.5 Å². The monoisotopic (exact) mass is 396 g/mol. The highest BCUT2D eigenvalue weighted by molar-refractivity contribution is 5.77. The van der Waals surface area contributed by atoms with Crippen LogP contribution in [0.25, 0.3) is 0 Å². The minimum Gasteiger partial charge on any atom is -0.378 e. The first-order valence-corrected chi connectivity index (χ1v) is 9.48. The van der Waals surface area contributed by atoms with Crippen LogP contribution in [0, 0.1) is 22.7 Å². The van der Waals surface area contributed by atoms with Gasteiger partial charge in [0.05, 0.1) is 22.5 Å². The van der Waals surface area contributed by atoms with Crippen molar-refractivity contribution in [2.45, 2.75) is 0 Å². The Labute approximate surface area is 177 Å². The number of rotatable bonds is 6. The van der Waals surface area contributed by atoms with Gasteiger partial charge in [0.25, 0.3) is 0 Å². The molecule has 0 bridgehead atoms. The summed E-state index contributed by atoms with van der Waals surface area (Å²) in [6, 6.07) is 23.6. The van der Waals surface area contributed by atoms with E-state index < -0.39 is 0 Å². The molecule has 0 saturated heterocycles. The number of nitrogens with zero attached hydrogens (tertiary/aromatic N) is 4. The van der Waals surface area contributed by atoms with E-state index in [9.17, 15) is 10.5 Å². The van der Waals surface area contributed by atoms with Gasteiger partial charge < -0.3 is 20.4 Å². The molecule has 0 saturated carbocycles. The Morgan fingerprint density at radius 3 is 1.20 bits per heavy atom. The summed E-state index contributed by atoms with van der Waals surface area (Å²) in [5.74, 6) is 0. The lowest BCUT2D eigenvalue weighted by atomic mass is 10.1. The molecule has 6 nitrogen and oxygen atoms in total. The minimum absolute atomic E-state index is 0.457. The Bertz CT molecular complexity index is 1010. The molecule has 0 fully saturated rings. The van der Waals surface area contributed by atoms with E-state index in [4.69, 9.17) is 0 Å². The standard InChI is InChI=1S/C24H24N6/c1-29(2)21-9-5-19(6-10-21)27-23-13-18(16-26)24(14-17(23)15-25)28-20-7-11-22(12-8-20)30(3)4/h5-14,27-28H,1-4H3. The molecule has 2 N–H and O–H groups in total. The van der Waals surface area contributed by atoms with Gasteiger partial charge in [0.15, 0.2) is 0 Å². The van der Waals surface area contributed by atoms with E-state index in [1.807, 2.05) is 86.5 Å². The van der Waals surface area contributed by atoms with Crippen LogP contribution in [0.1, 0.15) is 11.1 Å². The van der Waals surface area contributed by atoms with Gasteiger partial charge in [0.2, 0.25) is 0 Å². The maximum absolute atomic E-state index is 9.65. The first-order valence-electron chi connectivity index (χ1n) is 9.48. The molecule has 0 amide bonds. The Morgan fingerprint density at radius 2 is 0.933 bits per heavy atom. The summed E-state index contributed by atoms with van der Waals surface area (Å²) in [4.78, 5) is 4.04. The first-order chi connectivity index (χ1) is 14.4. The highest BCUT2D eigenvalue weighted by atomic mass is 15.1. The fraction of sp³-hybridized carbons (Fsp3) is 0.167. The normalized spacial score (nSPS) is 9.93. The van der Waals surface area contributed by atoms with Gasteiger partial charge in [-0.3, -0.25) is 0 Å². The Morgan fingerprint density at radius 1 is 0.600 bits per heavy atom. The van der Waals surface area contributed by atoms with Gasteiger partial charge in [-0.25, -0.2) is 0 Å². The predicted octanol–water partition coefficient (Wildman–Crippen LogP) is 5.05. The van der Waals surface area contributed by atoms with Gasteiger partial charge in [-0.05, 0) is 60.7 Å². The third-order valence-electron chi connectivity index (χ3n) is 4.72. The Kier molecular flexibility index (Phi) is 6.10. The molecule has 0 spiro atoms. The van der Waals surface area contributed by atoms with Crippen LogP contribution < -0.4 is 20.4 Å². The molecule has 0 radical (unpaired) electrons. The third kappa shape index (κ3) is 4.63. The lowest BCUT2D eigenvalue weighted by molar-refractivity contribution is 1.13. The second-order valence-electron chi connectivity index (χ2n) is 7.30. The summed E-state index contributed by atoms with van der Waals surface area (Å²) < 4.78 is 0. The van der Waals surface area contributed by atoms with Gasteiger partial charge >= 0.3 is 0 Å². The molecule has 0 aromatic heterocycles. The zero-order valence-corrected chi connectivity index (χ0v) is 17.6. The molecule has 0 aliphatic rings. The summed E-state index contributed by atoms with van der Waals surface area (Å²) in [6.45, 7) is 0. The predicted molar refractivity (Wildman–Crippen MR) is 124 cm³/mol. The van der Waals surface area contributed by atoms with E-state index in [-0.39, 0.29) is 0 Å². The van der Waals surface area contributed by atoms with Crippen molar-refractivity contribution in [3.63, 3.8) is 0 Å². The third-order valence-corrected chi connectivity index (χ3v) is 4.72. The summed E-state index contributed by atoms with van der Waals surface area (Å²) in [7, 11) is 7.93. The zero-order chi connectivity index (χ0) is 21.7. The Balaban J connectivity index is 1.88. The van der Waals surface area contributed by atoms with Crippen LogP contribution in [0.2, 0.25) is 0 Å². The molecular formula is C24H24N6. The average Bonchev–Trinajstić information content (AvgIpc) is 2.75. The maximum atomic E-state index is 9.65. The zero-order valence-electron chi connectivity index (χ0n) is 17.6. The van der Waals surface area contributed by atoms with Crippen LogP contribution in [0.3, 0.4) is 0 Å². The maximum Gasteiger partial charge on any atom is 0.101 e. The van der Waals surface area contributed by atoms with Crippen LogP contribution in [0.5, 0.6) is 0 Å². The number of nitrogens with one attached hydrogen (secondary N) is 2. The van der Waals surface area contributed by atoms with Crippen molar-refractivity contribution in [3.8, 4) is 12.1 Å². The lowest BCUT2D eigenvalue weighted by Gasteiger charge is -2.16. The molecule has 0 heterocycles. The molecule has 3 rings (SSSR count). The second kappa shape index (κ2) is 8.89. The van der Waals surface area contributed by atoms with Gasteiger partial charge in [-0.1, -0.05) is 0 Å². The van der Waals surface area contributed by atoms with Crippen molar-refractivity contribution in [1.82, 2.24) is 0 Å². The van der Waals surface area contributed by atoms with Crippen LogP contribution in [-0.2, 0) is 0 Å². The van der Waals surface area contributed by atoms with Crippen LogP contribution >= 0.6 is 0 Å². The van der Waals surface area contributed by atoms with Gasteiger partial charge in [0, 0.05) is 50.9 Å². The number of nitriles is 2. The van der Waals surface area contributed by atoms with E-state index in [1.165, 1.54) is 0 Å². The average molecular weight is 396 g/mol. The first kappa shape index (κ1) is 20.6. The summed E-state index contributed by atoms with van der Waals surface area (Å²) in [5.41, 5.74) is 5.97. The topological polar surface area (TPSA) is 78.1 Å². The molecule has 3 aromatic carbocycles. The smallest absolute Gasteiger partial charge is 0.101 e. The number of hydrogen-bond acceptors (Lipinski definition) is 6. The molecule has 0 unspecified atom stereocenters. The highest BCUT2D eigenvalue weighted by Crippen LogP contribution is 2.30. The van der Waals surface area contributed by atoms with E-state index >= 15 is 0 Å². The van der Waals surface area contributed by atoms with Gasteiger partial charge in [-0.2, -0.15) is 10.5 Å². The molecule has 0 aliphatic heterocycles. The molecular weight excluding hydrogens is 372 g/mol. The van der Waals surface area contributed by atoms with E-state index in [1.54, 1.807) is 12.1 Å². The molecule has 150 valence electrons. The fourth-order valence-electron chi connectivity index (χ4n) is 2.99. The largest absolute Gasteiger partial charge is 0.378 e. The SMILES string of the molecule is CN(C)c1ccc(Nc2cc(C#N)c(Nc3ccc(N(C)C)cc3)cc2C#N)cc1. The number of hydrogen-bond donors (Lipinski definition) is 2. The van der Waals surface area contributed by atoms with E-state index in [2.05, 4.69) is 22.8 Å². The fourth-order valence-corrected chi connectivity index (χ4v) is 2.99. The highest BCUT2D eigenvalue weighted by Gasteiger charge is 2.11. The quantitative estimate of drug-likeness (QED) is 0.607. The van der Waals surface area contributed by atoms with Crippen molar-refractivity contribution in [2.75, 3.05) is 48.6 Å². The minimum atomic E-state index is 0.457. The summed E-state index contributed by atoms with van der Waals surface area (Å²) >= 11 is 0. The summed E-state index contributed by atoms with van der Waals surface area (Å²) in [6.07, 6.45) is 0. The van der Waals surface area contributed by atoms with Gasteiger partial charge in [0.1, 0.15) is 12.1 Å². The van der Waals surface area contributed by atoms with Crippen LogP contribution in [0.15, 0.2) is 60.7 Å². The molecule has 3 aromatic rings. The lowest BCUT2D eigenvalue weighted by Crippen LogP contribution is -2.08. The summed E-state index contributed by atoms with van der Waals surface area (Å²) in [5, 5.41) is 25.8. The van der Waals surface area contributed by atoms with Crippen molar-refractivity contribution >= 4 is 34.1 Å². The molecule has 30 heavy (non-hydrogen) atoms. The van der Waals surface area contributed by atoms with Crippen molar-refractivity contribution in [2.24, 2.45) is 0 Å². The van der Waals surface area contributed by atoms with Crippen molar-refractivity contribution < 1.29 is 0 Å². The molecule has 0 aliphatic carbocycles. The van der Waals surface area contributed by atoms with Crippen LogP contribution in [0.4, 0.5) is 34.1 Å².